The molecule has 4 N–H and O–H groups in total. The fourth-order valence-electron chi connectivity index (χ4n) is 5.25. The van der Waals surface area contributed by atoms with Crippen molar-refractivity contribution in [2.24, 2.45) is 5.92 Å². The SMILES string of the molecule is CC(C)C1NC(=O)[C@@H](Cc2cccc3ccccc23)NCCCc2ccccc2CCCNC(=O)NN(C)C1=O. The van der Waals surface area contributed by atoms with Crippen molar-refractivity contribution in [3.8, 4) is 0 Å². The molecule has 4 rings (SSSR count). The summed E-state index contributed by atoms with van der Waals surface area (Å²) in [7, 11) is 1.50. The van der Waals surface area contributed by atoms with Crippen molar-refractivity contribution in [3.05, 3.63) is 83.4 Å². The number of urea groups is 1. The van der Waals surface area contributed by atoms with Gasteiger partial charge in [0.1, 0.15) is 6.04 Å². The highest BCUT2D eigenvalue weighted by atomic mass is 16.2. The van der Waals surface area contributed by atoms with E-state index < -0.39 is 18.1 Å². The van der Waals surface area contributed by atoms with E-state index in [1.54, 1.807) is 0 Å². The zero-order chi connectivity index (χ0) is 28.5. The summed E-state index contributed by atoms with van der Waals surface area (Å²) >= 11 is 0. The van der Waals surface area contributed by atoms with Gasteiger partial charge in [-0.05, 0) is 72.0 Å². The lowest BCUT2D eigenvalue weighted by Gasteiger charge is -2.29. The molecule has 1 aliphatic rings. The van der Waals surface area contributed by atoms with Gasteiger partial charge in [0, 0.05) is 13.6 Å². The lowest BCUT2D eigenvalue weighted by atomic mass is 9.96. The number of rotatable bonds is 3. The summed E-state index contributed by atoms with van der Waals surface area (Å²) in [4.78, 5) is 39.5. The molecular formula is C32H41N5O3. The van der Waals surface area contributed by atoms with Crippen molar-refractivity contribution in [3.63, 3.8) is 0 Å². The fraction of sp³-hybridized carbons (Fsp3) is 0.406. The topological polar surface area (TPSA) is 103 Å². The number of likely N-dealkylation sites (N-methyl/N-ethyl adjacent to an activating group) is 1. The highest BCUT2D eigenvalue weighted by Crippen LogP contribution is 2.20. The molecule has 0 bridgehead atoms. The minimum atomic E-state index is -0.791. The molecule has 0 radical (unpaired) electrons. The first kappa shape index (κ1) is 29.1. The molecule has 0 aliphatic carbocycles. The van der Waals surface area contributed by atoms with Gasteiger partial charge in [-0.2, -0.15) is 0 Å². The van der Waals surface area contributed by atoms with Crippen LogP contribution in [0.4, 0.5) is 4.79 Å². The maximum atomic E-state index is 13.7. The van der Waals surface area contributed by atoms with Gasteiger partial charge in [-0.25, -0.2) is 10.2 Å². The third kappa shape index (κ3) is 7.60. The fourth-order valence-corrected chi connectivity index (χ4v) is 5.25. The molecule has 3 aromatic carbocycles. The summed E-state index contributed by atoms with van der Waals surface area (Å²) in [5.74, 6) is -0.791. The minimum Gasteiger partial charge on any atom is -0.343 e. The first-order valence-electron chi connectivity index (χ1n) is 14.2. The number of carbonyl (C=O) groups is 3. The van der Waals surface area contributed by atoms with Gasteiger partial charge in [0.2, 0.25) is 5.91 Å². The van der Waals surface area contributed by atoms with Crippen LogP contribution in [0.2, 0.25) is 0 Å². The summed E-state index contributed by atoms with van der Waals surface area (Å²) in [6.07, 6.45) is 3.88. The maximum absolute atomic E-state index is 13.7. The zero-order valence-corrected chi connectivity index (χ0v) is 23.7. The maximum Gasteiger partial charge on any atom is 0.333 e. The number of amides is 4. The third-order valence-electron chi connectivity index (χ3n) is 7.49. The summed E-state index contributed by atoms with van der Waals surface area (Å²) < 4.78 is 0. The van der Waals surface area contributed by atoms with Crippen molar-refractivity contribution in [2.45, 2.75) is 58.0 Å². The van der Waals surface area contributed by atoms with Gasteiger partial charge in [0.25, 0.3) is 5.91 Å². The number of hydrogen-bond donors (Lipinski definition) is 4. The summed E-state index contributed by atoms with van der Waals surface area (Å²) in [6.45, 7) is 4.92. The van der Waals surface area contributed by atoms with Gasteiger partial charge in [-0.15, -0.1) is 0 Å². The van der Waals surface area contributed by atoms with E-state index in [1.807, 2.05) is 38.1 Å². The minimum absolute atomic E-state index is 0.177. The summed E-state index contributed by atoms with van der Waals surface area (Å²) in [5, 5.41) is 12.7. The van der Waals surface area contributed by atoms with Crippen molar-refractivity contribution in [2.75, 3.05) is 20.1 Å². The van der Waals surface area contributed by atoms with Crippen molar-refractivity contribution in [1.82, 2.24) is 26.4 Å². The van der Waals surface area contributed by atoms with Gasteiger partial charge < -0.3 is 16.0 Å². The van der Waals surface area contributed by atoms with E-state index >= 15 is 0 Å². The Morgan fingerprint density at radius 1 is 0.850 bits per heavy atom. The molecule has 2 atom stereocenters. The molecule has 1 heterocycles. The molecular weight excluding hydrogens is 502 g/mol. The first-order valence-corrected chi connectivity index (χ1v) is 14.2. The van der Waals surface area contributed by atoms with E-state index in [4.69, 9.17) is 0 Å². The van der Waals surface area contributed by atoms with E-state index in [9.17, 15) is 14.4 Å². The number of benzene rings is 3. The molecule has 0 fully saturated rings. The molecule has 8 nitrogen and oxygen atoms in total. The molecule has 3 aromatic rings. The van der Waals surface area contributed by atoms with Crippen LogP contribution in [0.15, 0.2) is 66.7 Å². The van der Waals surface area contributed by atoms with Crippen molar-refractivity contribution < 1.29 is 14.4 Å². The second-order valence-corrected chi connectivity index (χ2v) is 10.8. The Labute approximate surface area is 236 Å². The highest BCUT2D eigenvalue weighted by Gasteiger charge is 2.30. The van der Waals surface area contributed by atoms with Crippen LogP contribution in [0, 0.1) is 5.92 Å². The number of hydrogen-bond acceptors (Lipinski definition) is 4. The van der Waals surface area contributed by atoms with Gasteiger partial charge in [-0.3, -0.25) is 14.6 Å². The van der Waals surface area contributed by atoms with E-state index in [0.717, 1.165) is 47.0 Å². The first-order chi connectivity index (χ1) is 19.3. The Bertz CT molecular complexity index is 1320. The smallest absolute Gasteiger partial charge is 0.333 e. The molecule has 1 unspecified atom stereocenters. The van der Waals surface area contributed by atoms with Crippen LogP contribution in [0.3, 0.4) is 0 Å². The van der Waals surface area contributed by atoms with E-state index in [-0.39, 0.29) is 17.7 Å². The van der Waals surface area contributed by atoms with Crippen LogP contribution in [-0.4, -0.2) is 55.1 Å². The Morgan fingerprint density at radius 3 is 2.23 bits per heavy atom. The van der Waals surface area contributed by atoms with Gasteiger partial charge >= 0.3 is 6.03 Å². The Kier molecular flexibility index (Phi) is 10.1. The number of carbonyl (C=O) groups excluding carboxylic acids is 3. The molecule has 4 amide bonds. The van der Waals surface area contributed by atoms with Gasteiger partial charge in [-0.1, -0.05) is 80.6 Å². The standard InChI is InChI=1S/C32H41N5O3/c1-22(2)29-31(39)37(3)36-32(40)34-20-10-17-24-12-5-4-11-23(24)16-9-19-33-28(30(38)35-29)21-26-15-8-14-25-13-6-7-18-27(25)26/h4-8,11-15,18,22,28-29,33H,9-10,16-17,19-21H2,1-3H3,(H,35,38)(H2,34,36,40)/t28-,29?/m1/s1. The average molecular weight is 544 g/mol. The average Bonchev–Trinajstić information content (AvgIpc) is 2.95. The molecule has 40 heavy (non-hydrogen) atoms. The number of nitrogens with one attached hydrogen (secondary N) is 4. The zero-order valence-electron chi connectivity index (χ0n) is 23.7. The molecule has 0 saturated carbocycles. The second kappa shape index (κ2) is 13.9. The van der Waals surface area contributed by atoms with Crippen LogP contribution in [0.1, 0.15) is 43.4 Å². The predicted molar refractivity (Wildman–Crippen MR) is 159 cm³/mol. The van der Waals surface area contributed by atoms with Crippen molar-refractivity contribution in [1.29, 1.82) is 0 Å². The molecule has 1 aliphatic heterocycles. The molecule has 0 spiro atoms. The lowest BCUT2D eigenvalue weighted by molar-refractivity contribution is -0.138. The normalized spacial score (nSPS) is 20.2. The predicted octanol–water partition coefficient (Wildman–Crippen LogP) is 3.73. The third-order valence-corrected chi connectivity index (χ3v) is 7.49. The Balaban J connectivity index is 1.60. The second-order valence-electron chi connectivity index (χ2n) is 10.8. The van der Waals surface area contributed by atoms with E-state index in [2.05, 4.69) is 63.8 Å². The largest absolute Gasteiger partial charge is 0.343 e. The Morgan fingerprint density at radius 2 is 1.50 bits per heavy atom. The van der Waals surface area contributed by atoms with Crippen LogP contribution in [-0.2, 0) is 28.9 Å². The molecule has 0 aromatic heterocycles. The molecule has 212 valence electrons. The van der Waals surface area contributed by atoms with Gasteiger partial charge in [0.15, 0.2) is 0 Å². The van der Waals surface area contributed by atoms with E-state index in [0.29, 0.717) is 19.5 Å². The van der Waals surface area contributed by atoms with Crippen LogP contribution < -0.4 is 21.4 Å². The highest BCUT2D eigenvalue weighted by molar-refractivity contribution is 5.92. The van der Waals surface area contributed by atoms with Gasteiger partial charge in [0.05, 0.1) is 6.04 Å². The summed E-state index contributed by atoms with van der Waals surface area (Å²) in [5.41, 5.74) is 6.21. The monoisotopic (exact) mass is 543 g/mol. The number of hydrazine groups is 1. The quantitative estimate of drug-likeness (QED) is 0.404. The Hall–Kier alpha value is -3.91. The number of fused-ring (bicyclic) bond motifs is 2. The molecule has 0 saturated heterocycles. The summed E-state index contributed by atoms with van der Waals surface area (Å²) in [6, 6.07) is 20.9. The lowest BCUT2D eigenvalue weighted by Crippen LogP contribution is -2.59. The van der Waals surface area contributed by atoms with Crippen LogP contribution in [0.5, 0.6) is 0 Å². The molecule has 8 heteroatoms. The number of aryl methyl sites for hydroxylation is 2. The van der Waals surface area contributed by atoms with Crippen molar-refractivity contribution >= 4 is 28.6 Å². The number of nitrogens with zero attached hydrogens (tertiary/aromatic N) is 1. The van der Waals surface area contributed by atoms with Crippen LogP contribution in [0.25, 0.3) is 10.8 Å². The van der Waals surface area contributed by atoms with E-state index in [1.165, 1.54) is 18.2 Å². The van der Waals surface area contributed by atoms with Crippen LogP contribution >= 0.6 is 0 Å².